The van der Waals surface area contributed by atoms with Gasteiger partial charge in [0.15, 0.2) is 0 Å². The molecule has 2 aromatic heterocycles. The smallest absolute Gasteiger partial charge is 0.328 e. The Bertz CT molecular complexity index is 2720. The van der Waals surface area contributed by atoms with Crippen molar-refractivity contribution in [3.05, 3.63) is 135 Å². The predicted octanol–water partition coefficient (Wildman–Crippen LogP) is 8.51. The molecule has 1 atom stereocenters. The highest BCUT2D eigenvalue weighted by Gasteiger charge is 2.29. The van der Waals surface area contributed by atoms with E-state index in [9.17, 15) is 28.0 Å². The molecule has 59 heavy (non-hydrogen) atoms. The standard InChI is InChI=1S/C47H46F2N6O4/c1-26(2)36-21-34(22-40-43(36)54(5)47(59)53(40)4)55-17-7-10-32-20-37(38(44(48)49)23-39(32)55)33-18-27(3)42(50-25-33)46(58)51-24-28-11-13-29(14-12-28)30-8-6-9-31(19-30)35-15-16-41(56)52-45(35)57/h6,8-9,11-14,18-23,25-26,35,44H,7,10,15-17,24H2,1-5H3,(H,51,58)(H,52,56,57). The van der Waals surface area contributed by atoms with Crippen LogP contribution in [0.1, 0.15) is 95.2 Å². The van der Waals surface area contributed by atoms with E-state index < -0.39 is 6.43 Å². The van der Waals surface area contributed by atoms with E-state index in [2.05, 4.69) is 40.4 Å². The molecule has 4 aromatic carbocycles. The number of amides is 3. The Morgan fingerprint density at radius 1 is 0.898 bits per heavy atom. The number of hydrogen-bond donors (Lipinski definition) is 2. The highest BCUT2D eigenvalue weighted by molar-refractivity contribution is 6.01. The maximum absolute atomic E-state index is 14.9. The Morgan fingerprint density at radius 2 is 1.68 bits per heavy atom. The van der Waals surface area contributed by atoms with Crippen LogP contribution in [0.15, 0.2) is 89.9 Å². The average molecular weight is 797 g/mol. The molecule has 12 heteroatoms. The lowest BCUT2D eigenvalue weighted by Crippen LogP contribution is -2.39. The van der Waals surface area contributed by atoms with Crippen molar-refractivity contribution in [3.8, 4) is 22.3 Å². The highest BCUT2D eigenvalue weighted by atomic mass is 19.3. The fourth-order valence-electron chi connectivity index (χ4n) is 8.60. The monoisotopic (exact) mass is 796 g/mol. The van der Waals surface area contributed by atoms with Gasteiger partial charge in [0.25, 0.3) is 12.3 Å². The number of nitrogens with one attached hydrogen (secondary N) is 2. The molecule has 0 saturated carbocycles. The number of fused-ring (bicyclic) bond motifs is 2. The summed E-state index contributed by atoms with van der Waals surface area (Å²) in [6.07, 6.45) is 1.06. The number of aromatic nitrogens is 3. The van der Waals surface area contributed by atoms with E-state index in [4.69, 9.17) is 0 Å². The Balaban J connectivity index is 1.00. The number of nitrogens with zero attached hydrogens (tertiary/aromatic N) is 4. The van der Waals surface area contributed by atoms with Crippen LogP contribution in [-0.4, -0.2) is 38.4 Å². The van der Waals surface area contributed by atoms with Crippen molar-refractivity contribution in [1.82, 2.24) is 24.8 Å². The topological polar surface area (TPSA) is 118 Å². The third-order valence-electron chi connectivity index (χ3n) is 11.8. The third kappa shape index (κ3) is 7.43. The van der Waals surface area contributed by atoms with Gasteiger partial charge in [-0.05, 0) is 107 Å². The first kappa shape index (κ1) is 39.4. The van der Waals surface area contributed by atoms with Crippen LogP contribution in [0, 0.1) is 6.92 Å². The summed E-state index contributed by atoms with van der Waals surface area (Å²) in [4.78, 5) is 56.9. The first-order valence-corrected chi connectivity index (χ1v) is 20.0. The second-order valence-corrected chi connectivity index (χ2v) is 16.0. The molecule has 1 saturated heterocycles. The minimum Gasteiger partial charge on any atom is -0.347 e. The van der Waals surface area contributed by atoms with E-state index in [1.807, 2.05) is 60.7 Å². The van der Waals surface area contributed by atoms with Crippen LogP contribution in [0.4, 0.5) is 20.2 Å². The van der Waals surface area contributed by atoms with E-state index in [0.717, 1.165) is 62.2 Å². The van der Waals surface area contributed by atoms with Crippen molar-refractivity contribution in [2.45, 2.75) is 71.3 Å². The second kappa shape index (κ2) is 15.7. The van der Waals surface area contributed by atoms with Crippen LogP contribution in [0.5, 0.6) is 0 Å². The largest absolute Gasteiger partial charge is 0.347 e. The van der Waals surface area contributed by atoms with Gasteiger partial charge in [-0.3, -0.25) is 33.8 Å². The zero-order chi connectivity index (χ0) is 41.7. The van der Waals surface area contributed by atoms with E-state index in [-0.39, 0.29) is 53.0 Å². The van der Waals surface area contributed by atoms with Crippen molar-refractivity contribution in [2.24, 2.45) is 14.1 Å². The zero-order valence-corrected chi connectivity index (χ0v) is 33.7. The number of imidazole rings is 1. The normalized spacial score (nSPS) is 15.5. The number of imide groups is 1. The number of hydrogen-bond acceptors (Lipinski definition) is 6. The number of rotatable bonds is 9. The second-order valence-electron chi connectivity index (χ2n) is 16.0. The van der Waals surface area contributed by atoms with Gasteiger partial charge in [0.2, 0.25) is 11.8 Å². The predicted molar refractivity (Wildman–Crippen MR) is 225 cm³/mol. The maximum atomic E-state index is 14.9. The van der Waals surface area contributed by atoms with Gasteiger partial charge >= 0.3 is 5.69 Å². The van der Waals surface area contributed by atoms with E-state index in [1.54, 1.807) is 42.3 Å². The van der Waals surface area contributed by atoms with Crippen LogP contribution in [0.2, 0.25) is 0 Å². The molecule has 4 heterocycles. The minimum atomic E-state index is -2.76. The lowest BCUT2D eigenvalue weighted by molar-refractivity contribution is -0.134. The van der Waals surface area contributed by atoms with Gasteiger partial charge in [-0.15, -0.1) is 0 Å². The number of carbonyl (C=O) groups is 3. The van der Waals surface area contributed by atoms with Gasteiger partial charge in [0, 0.05) is 62.3 Å². The Morgan fingerprint density at radius 3 is 2.39 bits per heavy atom. The van der Waals surface area contributed by atoms with Crippen molar-refractivity contribution in [3.63, 3.8) is 0 Å². The maximum Gasteiger partial charge on any atom is 0.328 e. The molecule has 3 amide bonds. The number of benzene rings is 4. The minimum absolute atomic E-state index is 0.113. The first-order valence-electron chi connectivity index (χ1n) is 20.0. The summed E-state index contributed by atoms with van der Waals surface area (Å²) < 4.78 is 33.2. The van der Waals surface area contributed by atoms with Gasteiger partial charge in [0.05, 0.1) is 17.0 Å². The molecule has 2 aliphatic rings. The lowest BCUT2D eigenvalue weighted by atomic mass is 9.88. The third-order valence-corrected chi connectivity index (χ3v) is 11.8. The number of aryl methyl sites for hydroxylation is 4. The molecule has 0 bridgehead atoms. The van der Waals surface area contributed by atoms with Crippen LogP contribution in [0.3, 0.4) is 0 Å². The van der Waals surface area contributed by atoms with Crippen molar-refractivity contribution >= 4 is 40.1 Å². The Labute approximate surface area is 340 Å². The summed E-state index contributed by atoms with van der Waals surface area (Å²) in [6.45, 7) is 6.82. The van der Waals surface area contributed by atoms with E-state index >= 15 is 0 Å². The number of alkyl halides is 2. The molecule has 1 unspecified atom stereocenters. The summed E-state index contributed by atoms with van der Waals surface area (Å²) >= 11 is 0. The molecule has 6 aromatic rings. The summed E-state index contributed by atoms with van der Waals surface area (Å²) in [7, 11) is 3.53. The molecular formula is C47H46F2N6O4. The summed E-state index contributed by atoms with van der Waals surface area (Å²) in [5.41, 5.74) is 10.3. The number of piperidine rings is 1. The number of anilines is 2. The fraction of sp³-hybridized carbons (Fsp3) is 0.298. The molecule has 1 fully saturated rings. The van der Waals surface area contributed by atoms with Crippen molar-refractivity contribution in [1.29, 1.82) is 0 Å². The van der Waals surface area contributed by atoms with E-state index in [1.165, 1.54) is 6.20 Å². The SMILES string of the molecule is Cc1cc(-c2cc3c(cc2C(F)F)N(c2cc(C(C)C)c4c(c2)n(C)c(=O)n4C)CCC3)cnc1C(=O)NCc1ccc(-c2cccc(C3CCC(=O)NC3=O)c2)cc1. The van der Waals surface area contributed by atoms with Gasteiger partial charge in [-0.2, -0.15) is 0 Å². The van der Waals surface area contributed by atoms with Crippen LogP contribution < -0.4 is 21.2 Å². The molecule has 0 aliphatic carbocycles. The van der Waals surface area contributed by atoms with Gasteiger partial charge < -0.3 is 10.2 Å². The fourth-order valence-corrected chi connectivity index (χ4v) is 8.60. The number of halogens is 2. The average Bonchev–Trinajstić information content (AvgIpc) is 3.44. The van der Waals surface area contributed by atoms with Crippen LogP contribution >= 0.6 is 0 Å². The first-order chi connectivity index (χ1) is 28.3. The van der Waals surface area contributed by atoms with Crippen LogP contribution in [0.25, 0.3) is 33.3 Å². The van der Waals surface area contributed by atoms with Gasteiger partial charge in [0.1, 0.15) is 5.69 Å². The number of carbonyl (C=O) groups excluding carboxylic acids is 3. The quantitative estimate of drug-likeness (QED) is 0.142. The molecule has 8 rings (SSSR count). The lowest BCUT2D eigenvalue weighted by Gasteiger charge is -2.33. The highest BCUT2D eigenvalue weighted by Crippen LogP contribution is 2.43. The van der Waals surface area contributed by atoms with Gasteiger partial charge in [-0.25, -0.2) is 13.6 Å². The van der Waals surface area contributed by atoms with Crippen molar-refractivity contribution in [2.75, 3.05) is 11.4 Å². The Hall–Kier alpha value is -6.43. The van der Waals surface area contributed by atoms with Crippen molar-refractivity contribution < 1.29 is 23.2 Å². The zero-order valence-electron chi connectivity index (χ0n) is 33.7. The summed E-state index contributed by atoms with van der Waals surface area (Å²) in [5.74, 6) is -1.14. The number of pyridine rings is 1. The summed E-state index contributed by atoms with van der Waals surface area (Å²) in [5, 5.41) is 5.36. The molecule has 0 spiro atoms. The van der Waals surface area contributed by atoms with E-state index in [0.29, 0.717) is 42.5 Å². The molecule has 10 nitrogen and oxygen atoms in total. The molecule has 0 radical (unpaired) electrons. The molecule has 2 N–H and O–H groups in total. The summed E-state index contributed by atoms with van der Waals surface area (Å²) in [6, 6.07) is 24.7. The van der Waals surface area contributed by atoms with Gasteiger partial charge in [-0.1, -0.05) is 62.4 Å². The van der Waals surface area contributed by atoms with Crippen LogP contribution in [-0.2, 0) is 36.6 Å². The Kier molecular flexibility index (Phi) is 10.5. The molecule has 302 valence electrons. The molecular weight excluding hydrogens is 751 g/mol. The molecule has 2 aliphatic heterocycles.